The Balaban J connectivity index is 1.56. The number of amides is 3. The van der Waals surface area contributed by atoms with Gasteiger partial charge in [0.1, 0.15) is 17.9 Å². The van der Waals surface area contributed by atoms with Gasteiger partial charge in [-0.05, 0) is 59.5 Å². The van der Waals surface area contributed by atoms with Gasteiger partial charge in [-0.2, -0.15) is 0 Å². The number of ether oxygens (including phenoxy) is 2. The summed E-state index contributed by atoms with van der Waals surface area (Å²) in [5.74, 6) is -2.50. The second-order valence-electron chi connectivity index (χ2n) is 11.4. The molecule has 0 saturated carbocycles. The van der Waals surface area contributed by atoms with Crippen molar-refractivity contribution in [2.75, 3.05) is 35.1 Å². The fourth-order valence-electron chi connectivity index (χ4n) is 5.40. The number of nitrogens with one attached hydrogen (secondary N) is 2. The first-order valence-corrected chi connectivity index (χ1v) is 16.8. The normalized spacial score (nSPS) is 12.5. The average Bonchev–Trinajstić information content (AvgIpc) is 3.10. The Morgan fingerprint density at radius 2 is 1.42 bits per heavy atom. The SMILES string of the molecule is NC(=O)C(C[C@](Cc1ccccc1)(NC(=O)Oc1ccc(N(CCCl)CCCl)cc1)C(=O)O)c1cccc(NC(=O)OCc2ccccc2)c1. The molecule has 0 saturated heterocycles. The molecule has 50 heavy (non-hydrogen) atoms. The number of anilines is 2. The van der Waals surface area contributed by atoms with Gasteiger partial charge >= 0.3 is 18.2 Å². The number of nitrogens with two attached hydrogens (primary N) is 1. The summed E-state index contributed by atoms with van der Waals surface area (Å²) < 4.78 is 10.8. The topological polar surface area (TPSA) is 160 Å². The zero-order valence-corrected chi connectivity index (χ0v) is 28.6. The Bertz CT molecular complexity index is 1720. The van der Waals surface area contributed by atoms with E-state index in [-0.39, 0.29) is 18.8 Å². The van der Waals surface area contributed by atoms with Crippen molar-refractivity contribution in [1.29, 1.82) is 0 Å². The number of nitrogens with zero attached hydrogens (tertiary/aromatic N) is 1. The lowest BCUT2D eigenvalue weighted by Gasteiger charge is -2.33. The first kappa shape index (κ1) is 37.6. The van der Waals surface area contributed by atoms with E-state index in [0.29, 0.717) is 41.7 Å². The van der Waals surface area contributed by atoms with Crippen molar-refractivity contribution in [1.82, 2.24) is 5.32 Å². The molecule has 0 aliphatic rings. The van der Waals surface area contributed by atoms with Gasteiger partial charge in [0.2, 0.25) is 5.91 Å². The van der Waals surface area contributed by atoms with Crippen molar-refractivity contribution >= 4 is 58.6 Å². The van der Waals surface area contributed by atoms with Crippen LogP contribution in [0, 0.1) is 0 Å². The minimum absolute atomic E-state index is 0.0450. The van der Waals surface area contributed by atoms with Gasteiger partial charge in [-0.1, -0.05) is 72.8 Å². The van der Waals surface area contributed by atoms with Crippen LogP contribution >= 0.6 is 23.2 Å². The van der Waals surface area contributed by atoms with Crippen LogP contribution < -0.4 is 26.0 Å². The van der Waals surface area contributed by atoms with E-state index in [9.17, 15) is 24.3 Å². The maximum atomic E-state index is 13.4. The number of carboxylic acid groups (broad SMARTS) is 1. The molecule has 0 aliphatic carbocycles. The highest BCUT2D eigenvalue weighted by molar-refractivity contribution is 6.18. The highest BCUT2D eigenvalue weighted by Gasteiger charge is 2.44. The van der Waals surface area contributed by atoms with E-state index in [1.54, 1.807) is 72.8 Å². The molecule has 3 amide bonds. The molecule has 4 aromatic carbocycles. The number of primary amides is 1. The number of carbonyl (C=O) groups excluding carboxylic acids is 3. The highest BCUT2D eigenvalue weighted by atomic mass is 35.5. The van der Waals surface area contributed by atoms with E-state index >= 15 is 0 Å². The van der Waals surface area contributed by atoms with Crippen LogP contribution in [-0.2, 0) is 27.4 Å². The lowest BCUT2D eigenvalue weighted by Crippen LogP contribution is -2.58. The van der Waals surface area contributed by atoms with Crippen molar-refractivity contribution < 1.29 is 33.8 Å². The van der Waals surface area contributed by atoms with Gasteiger partial charge in [0.05, 0.1) is 5.92 Å². The van der Waals surface area contributed by atoms with Crippen LogP contribution in [0.25, 0.3) is 0 Å². The summed E-state index contributed by atoms with van der Waals surface area (Å²) in [6.45, 7) is 1.17. The fraction of sp³-hybridized carbons (Fsp3) is 0.243. The minimum atomic E-state index is -2.05. The van der Waals surface area contributed by atoms with Crippen LogP contribution in [0.4, 0.5) is 21.0 Å². The van der Waals surface area contributed by atoms with Crippen molar-refractivity contribution in [2.24, 2.45) is 5.73 Å². The Morgan fingerprint density at radius 3 is 2.00 bits per heavy atom. The summed E-state index contributed by atoms with van der Waals surface area (Å²) in [6, 6.07) is 30.7. The zero-order valence-electron chi connectivity index (χ0n) is 27.1. The van der Waals surface area contributed by atoms with Crippen molar-refractivity contribution in [3.8, 4) is 5.75 Å². The van der Waals surface area contributed by atoms with Gasteiger partial charge < -0.3 is 30.5 Å². The second kappa shape index (κ2) is 18.5. The molecule has 4 rings (SSSR count). The number of alkyl halides is 2. The molecule has 11 nitrogen and oxygen atoms in total. The largest absolute Gasteiger partial charge is 0.479 e. The van der Waals surface area contributed by atoms with Crippen LogP contribution in [0.5, 0.6) is 5.75 Å². The molecule has 262 valence electrons. The summed E-state index contributed by atoms with van der Waals surface area (Å²) in [5.41, 5.74) is 6.62. The third-order valence-corrected chi connectivity index (χ3v) is 8.20. The van der Waals surface area contributed by atoms with Gasteiger partial charge in [-0.15, -0.1) is 23.2 Å². The average molecular weight is 722 g/mol. The number of hydrogen-bond acceptors (Lipinski definition) is 7. The zero-order chi connectivity index (χ0) is 35.9. The van der Waals surface area contributed by atoms with E-state index in [1.807, 2.05) is 35.2 Å². The predicted octanol–water partition coefficient (Wildman–Crippen LogP) is 6.53. The lowest BCUT2D eigenvalue weighted by molar-refractivity contribution is -0.145. The maximum absolute atomic E-state index is 13.4. The van der Waals surface area contributed by atoms with Crippen LogP contribution in [0.2, 0.25) is 0 Å². The molecule has 0 heterocycles. The van der Waals surface area contributed by atoms with Gasteiger partial charge in [0.15, 0.2) is 0 Å². The second-order valence-corrected chi connectivity index (χ2v) is 12.2. The third-order valence-electron chi connectivity index (χ3n) is 7.86. The molecular formula is C37H38Cl2N4O7. The van der Waals surface area contributed by atoms with Gasteiger partial charge in [-0.25, -0.2) is 14.4 Å². The fourth-order valence-corrected chi connectivity index (χ4v) is 5.80. The minimum Gasteiger partial charge on any atom is -0.479 e. The molecule has 0 aromatic heterocycles. The molecule has 2 atom stereocenters. The van der Waals surface area contributed by atoms with E-state index < -0.39 is 41.9 Å². The quantitative estimate of drug-likeness (QED) is 0.0896. The Hall–Kier alpha value is -5.26. The monoisotopic (exact) mass is 720 g/mol. The van der Waals surface area contributed by atoms with Crippen molar-refractivity contribution in [2.45, 2.75) is 30.9 Å². The lowest BCUT2D eigenvalue weighted by atomic mass is 9.79. The van der Waals surface area contributed by atoms with Crippen molar-refractivity contribution in [3.63, 3.8) is 0 Å². The molecule has 0 spiro atoms. The maximum Gasteiger partial charge on any atom is 0.413 e. The van der Waals surface area contributed by atoms with Gasteiger partial charge in [-0.3, -0.25) is 10.1 Å². The van der Waals surface area contributed by atoms with Crippen LogP contribution in [0.3, 0.4) is 0 Å². The number of halogens is 2. The molecule has 0 bridgehead atoms. The van der Waals surface area contributed by atoms with Crippen LogP contribution in [0.15, 0.2) is 109 Å². The highest BCUT2D eigenvalue weighted by Crippen LogP contribution is 2.31. The first-order chi connectivity index (χ1) is 24.1. The van der Waals surface area contributed by atoms with E-state index in [1.165, 1.54) is 6.07 Å². The number of rotatable bonds is 17. The summed E-state index contributed by atoms with van der Waals surface area (Å²) in [6.07, 6.45) is -2.41. The molecule has 1 unspecified atom stereocenters. The van der Waals surface area contributed by atoms with E-state index in [4.69, 9.17) is 38.4 Å². The summed E-state index contributed by atoms with van der Waals surface area (Å²) in [4.78, 5) is 53.9. The van der Waals surface area contributed by atoms with E-state index in [2.05, 4.69) is 10.6 Å². The first-order valence-electron chi connectivity index (χ1n) is 15.7. The van der Waals surface area contributed by atoms with E-state index in [0.717, 1.165) is 11.3 Å². The molecule has 0 fully saturated rings. The molecule has 4 aromatic rings. The standard InChI is InChI=1S/C37H38Cl2N4O7/c38-18-20-43(21-19-39)30-14-16-31(17-15-30)50-36(48)42-37(34(45)46,23-26-8-3-1-4-9-26)24-32(33(40)44)28-12-7-13-29(22-28)41-35(47)49-25-27-10-5-2-6-11-27/h1-17,22,32H,18-21,23-25H2,(H2,40,44)(H,41,47)(H,42,48)(H,45,46)/t32?,37-/m0/s1. The molecule has 0 aliphatic heterocycles. The van der Waals surface area contributed by atoms with Crippen molar-refractivity contribution in [3.05, 3.63) is 126 Å². The molecular weight excluding hydrogens is 683 g/mol. The summed E-state index contributed by atoms with van der Waals surface area (Å²) >= 11 is 11.8. The smallest absolute Gasteiger partial charge is 0.413 e. The predicted molar refractivity (Wildman–Crippen MR) is 193 cm³/mol. The number of carbonyl (C=O) groups is 4. The van der Waals surface area contributed by atoms with Crippen LogP contribution in [0.1, 0.15) is 29.0 Å². The van der Waals surface area contributed by atoms with Gasteiger partial charge in [0.25, 0.3) is 0 Å². The summed E-state index contributed by atoms with van der Waals surface area (Å²) in [7, 11) is 0. The number of carboxylic acids is 1. The Morgan fingerprint density at radius 1 is 0.800 bits per heavy atom. The number of aliphatic carboxylic acids is 1. The molecule has 13 heteroatoms. The van der Waals surface area contributed by atoms with Crippen LogP contribution in [-0.4, -0.2) is 59.6 Å². The van der Waals surface area contributed by atoms with Gasteiger partial charge in [0, 0.05) is 42.6 Å². The molecule has 5 N–H and O–H groups in total. The Labute approximate surface area is 300 Å². The third kappa shape index (κ3) is 10.9. The summed E-state index contributed by atoms with van der Waals surface area (Å²) in [5, 5.41) is 15.8. The Kier molecular flexibility index (Phi) is 13.9. The number of hydrogen-bond donors (Lipinski definition) is 4. The number of benzene rings is 4. The molecule has 0 radical (unpaired) electrons.